The molecule has 2 aliphatic heterocycles. The second-order valence-corrected chi connectivity index (χ2v) is 11.0. The summed E-state index contributed by atoms with van der Waals surface area (Å²) in [4.78, 5) is 46.7. The van der Waals surface area contributed by atoms with E-state index in [0.717, 1.165) is 37.2 Å². The maximum Gasteiger partial charge on any atom is 0.410 e. The number of piperidine rings is 1. The number of anilines is 1. The number of hydrogen-bond acceptors (Lipinski definition) is 7. The molecule has 0 spiro atoms. The van der Waals surface area contributed by atoms with Gasteiger partial charge in [-0.2, -0.15) is 0 Å². The number of nitrogens with zero attached hydrogens (tertiary/aromatic N) is 3. The van der Waals surface area contributed by atoms with Crippen LogP contribution in [0.25, 0.3) is 11.3 Å². The number of thiazole rings is 1. The number of nitrogens with one attached hydrogen (secondary N) is 2. The predicted octanol–water partition coefficient (Wildman–Crippen LogP) is 4.77. The Kier molecular flexibility index (Phi) is 9.41. The summed E-state index contributed by atoms with van der Waals surface area (Å²) in [5.41, 5.74) is 3.07. The van der Waals surface area contributed by atoms with Crippen LogP contribution in [0.4, 0.5) is 9.93 Å². The summed E-state index contributed by atoms with van der Waals surface area (Å²) in [6.45, 7) is 4.39. The fourth-order valence-corrected chi connectivity index (χ4v) is 5.84. The standard InChI is InChI=1S/C30H35N5O4S/c36-27(31-15-19-34-16-5-2-6-17-34)24-13-11-23(12-14-24)25-21-40-29(32-25)33-28(37)26-10-7-18-35(26)30(38)39-20-22-8-3-1-4-9-22/h1,3-4,8-9,11-14,21,26H,2,5-7,10,15-20H2,(H,31,36)(H,32,33,37). The molecular formula is C30H35N5O4S. The first kappa shape index (κ1) is 27.8. The summed E-state index contributed by atoms with van der Waals surface area (Å²) < 4.78 is 5.44. The van der Waals surface area contributed by atoms with Gasteiger partial charge in [-0.3, -0.25) is 14.5 Å². The lowest BCUT2D eigenvalue weighted by Gasteiger charge is -2.26. The van der Waals surface area contributed by atoms with Crippen molar-refractivity contribution in [1.29, 1.82) is 0 Å². The Morgan fingerprint density at radius 2 is 1.73 bits per heavy atom. The van der Waals surface area contributed by atoms with Gasteiger partial charge in [-0.1, -0.05) is 48.9 Å². The van der Waals surface area contributed by atoms with Crippen molar-refractivity contribution >= 4 is 34.4 Å². The molecule has 1 atom stereocenters. The third-order valence-corrected chi connectivity index (χ3v) is 8.09. The molecule has 3 amide bonds. The number of rotatable bonds is 9. The van der Waals surface area contributed by atoms with E-state index in [-0.39, 0.29) is 18.4 Å². The van der Waals surface area contributed by atoms with Gasteiger partial charge < -0.3 is 20.3 Å². The number of ether oxygens (including phenoxy) is 1. The van der Waals surface area contributed by atoms with E-state index in [2.05, 4.69) is 20.5 Å². The molecule has 3 aromatic rings. The average Bonchev–Trinajstić information content (AvgIpc) is 3.68. The summed E-state index contributed by atoms with van der Waals surface area (Å²) in [7, 11) is 0. The first-order chi connectivity index (χ1) is 19.6. The maximum atomic E-state index is 13.0. The second kappa shape index (κ2) is 13.5. The minimum atomic E-state index is -0.594. The van der Waals surface area contributed by atoms with Crippen LogP contribution < -0.4 is 10.6 Å². The highest BCUT2D eigenvalue weighted by Gasteiger charge is 2.35. The van der Waals surface area contributed by atoms with Crippen molar-refractivity contribution in [3.63, 3.8) is 0 Å². The molecular weight excluding hydrogens is 526 g/mol. The molecule has 40 heavy (non-hydrogen) atoms. The molecule has 0 saturated carbocycles. The topological polar surface area (TPSA) is 104 Å². The third kappa shape index (κ3) is 7.25. The molecule has 3 heterocycles. The van der Waals surface area contributed by atoms with E-state index in [1.165, 1.54) is 35.5 Å². The number of carbonyl (C=O) groups excluding carboxylic acids is 3. The van der Waals surface area contributed by atoms with Crippen LogP contribution in [0, 0.1) is 0 Å². The van der Waals surface area contributed by atoms with Crippen molar-refractivity contribution in [3.05, 3.63) is 71.1 Å². The molecule has 0 aliphatic carbocycles. The molecule has 5 rings (SSSR count). The van der Waals surface area contributed by atoms with Crippen molar-refractivity contribution in [2.45, 2.75) is 44.8 Å². The lowest BCUT2D eigenvalue weighted by atomic mass is 10.1. The Balaban J connectivity index is 1.11. The zero-order valence-electron chi connectivity index (χ0n) is 22.5. The lowest BCUT2D eigenvalue weighted by Crippen LogP contribution is -2.43. The van der Waals surface area contributed by atoms with Crippen molar-refractivity contribution in [2.24, 2.45) is 0 Å². The summed E-state index contributed by atoms with van der Waals surface area (Å²) in [5, 5.41) is 8.20. The fraction of sp³-hybridized carbons (Fsp3) is 0.400. The van der Waals surface area contributed by atoms with E-state index in [1.807, 2.05) is 47.8 Å². The first-order valence-electron chi connectivity index (χ1n) is 13.9. The Morgan fingerprint density at radius 1 is 0.950 bits per heavy atom. The van der Waals surface area contributed by atoms with Gasteiger partial charge in [-0.15, -0.1) is 11.3 Å². The van der Waals surface area contributed by atoms with Crippen LogP contribution in [0.1, 0.15) is 48.0 Å². The smallest absolute Gasteiger partial charge is 0.410 e. The van der Waals surface area contributed by atoms with Crippen molar-refractivity contribution in [1.82, 2.24) is 20.1 Å². The summed E-state index contributed by atoms with van der Waals surface area (Å²) in [6, 6.07) is 16.2. The summed E-state index contributed by atoms with van der Waals surface area (Å²) in [6.07, 6.45) is 4.59. The van der Waals surface area contributed by atoms with Crippen molar-refractivity contribution < 1.29 is 19.1 Å². The number of aromatic nitrogens is 1. The predicted molar refractivity (Wildman–Crippen MR) is 155 cm³/mol. The highest BCUT2D eigenvalue weighted by atomic mass is 32.1. The number of benzene rings is 2. The molecule has 9 nitrogen and oxygen atoms in total. The van der Waals surface area contributed by atoms with E-state index < -0.39 is 12.1 Å². The second-order valence-electron chi connectivity index (χ2n) is 10.2. The van der Waals surface area contributed by atoms with Crippen LogP contribution >= 0.6 is 11.3 Å². The molecule has 210 valence electrons. The fourth-order valence-electron chi connectivity index (χ4n) is 5.12. The number of likely N-dealkylation sites (tertiary alicyclic amines) is 2. The van der Waals surface area contributed by atoms with Crippen LogP contribution in [0.3, 0.4) is 0 Å². The Morgan fingerprint density at radius 3 is 2.50 bits per heavy atom. The van der Waals surface area contributed by atoms with Crippen molar-refractivity contribution in [2.75, 3.05) is 38.0 Å². The monoisotopic (exact) mass is 561 g/mol. The molecule has 0 bridgehead atoms. The average molecular weight is 562 g/mol. The van der Waals surface area contributed by atoms with Gasteiger partial charge in [0.05, 0.1) is 5.69 Å². The number of carbonyl (C=O) groups is 3. The van der Waals surface area contributed by atoms with Gasteiger partial charge in [0.2, 0.25) is 5.91 Å². The lowest BCUT2D eigenvalue weighted by molar-refractivity contribution is -0.120. The summed E-state index contributed by atoms with van der Waals surface area (Å²) >= 11 is 1.32. The highest BCUT2D eigenvalue weighted by molar-refractivity contribution is 7.14. The zero-order valence-corrected chi connectivity index (χ0v) is 23.3. The van der Waals surface area contributed by atoms with Gasteiger partial charge >= 0.3 is 6.09 Å². The molecule has 10 heteroatoms. The Labute approximate surface area is 238 Å². The Hall–Kier alpha value is -3.76. The van der Waals surface area contributed by atoms with Crippen LogP contribution in [-0.2, 0) is 16.1 Å². The molecule has 1 unspecified atom stereocenters. The van der Waals surface area contributed by atoms with E-state index in [9.17, 15) is 14.4 Å². The molecule has 0 radical (unpaired) electrons. The van der Waals surface area contributed by atoms with E-state index in [0.29, 0.717) is 35.9 Å². The van der Waals surface area contributed by atoms with Gasteiger partial charge in [0.25, 0.3) is 5.91 Å². The number of amides is 3. The molecule has 2 N–H and O–H groups in total. The van der Waals surface area contributed by atoms with Gasteiger partial charge in [-0.25, -0.2) is 9.78 Å². The van der Waals surface area contributed by atoms with Gasteiger partial charge in [-0.05, 0) is 56.5 Å². The van der Waals surface area contributed by atoms with Crippen LogP contribution in [-0.4, -0.2) is 71.5 Å². The quantitative estimate of drug-likeness (QED) is 0.390. The molecule has 2 saturated heterocycles. The van der Waals surface area contributed by atoms with E-state index in [4.69, 9.17) is 4.74 Å². The molecule has 1 aromatic heterocycles. The largest absolute Gasteiger partial charge is 0.445 e. The Bertz CT molecular complexity index is 1290. The molecule has 2 fully saturated rings. The normalized spacial score (nSPS) is 17.4. The van der Waals surface area contributed by atoms with Crippen LogP contribution in [0.2, 0.25) is 0 Å². The summed E-state index contributed by atoms with van der Waals surface area (Å²) in [5.74, 6) is -0.357. The van der Waals surface area contributed by atoms with E-state index >= 15 is 0 Å². The molecule has 2 aromatic carbocycles. The van der Waals surface area contributed by atoms with Gasteiger partial charge in [0.15, 0.2) is 5.13 Å². The minimum Gasteiger partial charge on any atom is -0.445 e. The van der Waals surface area contributed by atoms with Crippen molar-refractivity contribution in [3.8, 4) is 11.3 Å². The van der Waals surface area contributed by atoms with Gasteiger partial charge in [0, 0.05) is 36.1 Å². The maximum absolute atomic E-state index is 13.0. The first-order valence-corrected chi connectivity index (χ1v) is 14.8. The minimum absolute atomic E-state index is 0.0850. The highest BCUT2D eigenvalue weighted by Crippen LogP contribution is 2.27. The number of hydrogen-bond donors (Lipinski definition) is 2. The van der Waals surface area contributed by atoms with Crippen LogP contribution in [0.5, 0.6) is 0 Å². The third-order valence-electron chi connectivity index (χ3n) is 7.33. The van der Waals surface area contributed by atoms with E-state index in [1.54, 1.807) is 12.1 Å². The molecule has 2 aliphatic rings. The van der Waals surface area contributed by atoms with Crippen LogP contribution in [0.15, 0.2) is 60.0 Å². The SMILES string of the molecule is O=C(NCCN1CCCCC1)c1ccc(-c2csc(NC(=O)C3CCCN3C(=O)OCc3ccccc3)n2)cc1. The van der Waals surface area contributed by atoms with Gasteiger partial charge in [0.1, 0.15) is 12.6 Å². The zero-order chi connectivity index (χ0) is 27.7.